The monoisotopic (exact) mass is 283 g/mol. The SMILES string of the molecule is C/C=C(\S/C=C(\N)N1CCCCC1)N1CCOCC1. The summed E-state index contributed by atoms with van der Waals surface area (Å²) >= 11 is 1.73. The Balaban J connectivity index is 1.87. The normalized spacial score (nSPS) is 22.8. The van der Waals surface area contributed by atoms with Crippen LogP contribution >= 0.6 is 11.8 Å². The lowest BCUT2D eigenvalue weighted by Crippen LogP contribution is -2.35. The van der Waals surface area contributed by atoms with Crippen LogP contribution in [0.25, 0.3) is 0 Å². The third-order valence-corrected chi connectivity index (χ3v) is 4.69. The van der Waals surface area contributed by atoms with E-state index in [1.54, 1.807) is 11.8 Å². The highest BCUT2D eigenvalue weighted by molar-refractivity contribution is 8.05. The van der Waals surface area contributed by atoms with E-state index in [0.717, 1.165) is 45.2 Å². The van der Waals surface area contributed by atoms with E-state index in [-0.39, 0.29) is 0 Å². The molecule has 0 aromatic carbocycles. The van der Waals surface area contributed by atoms with Crippen molar-refractivity contribution >= 4 is 11.8 Å². The summed E-state index contributed by atoms with van der Waals surface area (Å²) in [6.07, 6.45) is 6.03. The second kappa shape index (κ2) is 7.70. The number of hydrogen-bond donors (Lipinski definition) is 1. The first kappa shape index (κ1) is 14.6. The molecule has 0 amide bonds. The van der Waals surface area contributed by atoms with Gasteiger partial charge in [0.15, 0.2) is 0 Å². The molecule has 0 aromatic heterocycles. The number of morpholine rings is 1. The molecular weight excluding hydrogens is 258 g/mol. The average molecular weight is 283 g/mol. The maximum Gasteiger partial charge on any atom is 0.106 e. The Bertz CT molecular complexity index is 332. The van der Waals surface area contributed by atoms with E-state index in [9.17, 15) is 0 Å². The van der Waals surface area contributed by atoms with E-state index in [4.69, 9.17) is 10.5 Å². The molecule has 19 heavy (non-hydrogen) atoms. The maximum atomic E-state index is 6.18. The predicted octanol–water partition coefficient (Wildman–Crippen LogP) is 2.16. The van der Waals surface area contributed by atoms with Crippen molar-refractivity contribution in [3.63, 3.8) is 0 Å². The number of ether oxygens (including phenoxy) is 1. The van der Waals surface area contributed by atoms with Crippen LogP contribution in [0.5, 0.6) is 0 Å². The fourth-order valence-electron chi connectivity index (χ4n) is 2.46. The predicted molar refractivity (Wildman–Crippen MR) is 81.4 cm³/mol. The molecule has 2 rings (SSSR count). The summed E-state index contributed by atoms with van der Waals surface area (Å²) in [5, 5.41) is 3.37. The minimum atomic E-state index is 0.823. The summed E-state index contributed by atoms with van der Waals surface area (Å²) < 4.78 is 5.39. The van der Waals surface area contributed by atoms with Crippen molar-refractivity contribution in [3.8, 4) is 0 Å². The van der Waals surface area contributed by atoms with E-state index in [1.165, 1.54) is 24.3 Å². The lowest BCUT2D eigenvalue weighted by atomic mass is 10.1. The number of rotatable bonds is 4. The quantitative estimate of drug-likeness (QED) is 0.856. The molecular formula is C14H25N3OS. The van der Waals surface area contributed by atoms with Gasteiger partial charge in [0.2, 0.25) is 0 Å². The van der Waals surface area contributed by atoms with Crippen molar-refractivity contribution in [2.75, 3.05) is 39.4 Å². The summed E-state index contributed by atoms with van der Waals surface area (Å²) in [6.45, 7) is 7.89. The van der Waals surface area contributed by atoms with E-state index in [2.05, 4.69) is 28.2 Å². The van der Waals surface area contributed by atoms with Crippen LogP contribution in [-0.4, -0.2) is 49.2 Å². The summed E-state index contributed by atoms with van der Waals surface area (Å²) in [5.74, 6) is 0.914. The standard InChI is InChI=1S/C14H25N3OS/c1-2-14(17-8-10-18-11-9-17)19-12-13(15)16-6-4-3-5-7-16/h2,12H,3-11,15H2,1H3/b13-12+,14-2-. The zero-order valence-electron chi connectivity index (χ0n) is 11.8. The number of allylic oxidation sites excluding steroid dienone is 1. The number of hydrogen-bond acceptors (Lipinski definition) is 5. The fourth-order valence-corrected chi connectivity index (χ4v) is 3.31. The number of thioether (sulfide) groups is 1. The molecule has 2 fully saturated rings. The van der Waals surface area contributed by atoms with Gasteiger partial charge >= 0.3 is 0 Å². The van der Waals surface area contributed by atoms with Crippen LogP contribution in [0.15, 0.2) is 22.3 Å². The first-order valence-electron chi connectivity index (χ1n) is 7.17. The van der Waals surface area contributed by atoms with Crippen LogP contribution in [0.2, 0.25) is 0 Å². The van der Waals surface area contributed by atoms with Crippen molar-refractivity contribution in [1.82, 2.24) is 9.80 Å². The van der Waals surface area contributed by atoms with Crippen molar-refractivity contribution in [1.29, 1.82) is 0 Å². The van der Waals surface area contributed by atoms with Gasteiger partial charge in [-0.15, -0.1) is 0 Å². The minimum Gasteiger partial charge on any atom is -0.385 e. The van der Waals surface area contributed by atoms with Gasteiger partial charge in [0.05, 0.1) is 18.2 Å². The lowest BCUT2D eigenvalue weighted by Gasteiger charge is -2.31. The molecule has 0 aliphatic carbocycles. The highest BCUT2D eigenvalue weighted by Crippen LogP contribution is 2.24. The van der Waals surface area contributed by atoms with Crippen LogP contribution in [0.1, 0.15) is 26.2 Å². The molecule has 0 atom stereocenters. The third kappa shape index (κ3) is 4.35. The molecule has 0 saturated carbocycles. The maximum absolute atomic E-state index is 6.18. The molecule has 2 aliphatic rings. The lowest BCUT2D eigenvalue weighted by molar-refractivity contribution is 0.0576. The Morgan fingerprint density at radius 3 is 2.37 bits per heavy atom. The fraction of sp³-hybridized carbons (Fsp3) is 0.714. The number of piperidine rings is 1. The molecule has 0 aromatic rings. The van der Waals surface area contributed by atoms with E-state index >= 15 is 0 Å². The molecule has 2 saturated heterocycles. The van der Waals surface area contributed by atoms with Crippen LogP contribution in [0.3, 0.4) is 0 Å². The van der Waals surface area contributed by atoms with Crippen molar-refractivity contribution in [2.24, 2.45) is 5.73 Å². The van der Waals surface area contributed by atoms with Crippen LogP contribution in [-0.2, 0) is 4.74 Å². The molecule has 5 heteroatoms. The van der Waals surface area contributed by atoms with Gasteiger partial charge in [0, 0.05) is 31.6 Å². The minimum absolute atomic E-state index is 0.823. The number of likely N-dealkylation sites (tertiary alicyclic amines) is 1. The molecule has 0 radical (unpaired) electrons. The molecule has 108 valence electrons. The second-order valence-corrected chi connectivity index (χ2v) is 5.82. The summed E-state index contributed by atoms with van der Waals surface area (Å²) in [6, 6.07) is 0. The summed E-state index contributed by atoms with van der Waals surface area (Å²) in [4.78, 5) is 4.66. The first-order chi connectivity index (χ1) is 9.31. The summed E-state index contributed by atoms with van der Waals surface area (Å²) in [7, 11) is 0. The first-order valence-corrected chi connectivity index (χ1v) is 8.05. The molecule has 2 heterocycles. The number of nitrogens with two attached hydrogens (primary N) is 1. The Labute approximate surface area is 120 Å². The van der Waals surface area contributed by atoms with Crippen molar-refractivity contribution < 1.29 is 4.74 Å². The molecule has 2 N–H and O–H groups in total. The molecule has 2 aliphatic heterocycles. The van der Waals surface area contributed by atoms with E-state index in [0.29, 0.717) is 0 Å². The Morgan fingerprint density at radius 2 is 1.74 bits per heavy atom. The van der Waals surface area contributed by atoms with Gasteiger partial charge < -0.3 is 20.3 Å². The highest BCUT2D eigenvalue weighted by Gasteiger charge is 2.14. The van der Waals surface area contributed by atoms with Crippen LogP contribution in [0, 0.1) is 0 Å². The largest absolute Gasteiger partial charge is 0.385 e. The molecule has 0 spiro atoms. The zero-order chi connectivity index (χ0) is 13.5. The van der Waals surface area contributed by atoms with Crippen molar-refractivity contribution in [3.05, 3.63) is 22.3 Å². The van der Waals surface area contributed by atoms with Gasteiger partial charge in [0.1, 0.15) is 5.82 Å². The smallest absolute Gasteiger partial charge is 0.106 e. The Kier molecular flexibility index (Phi) is 5.92. The molecule has 0 bridgehead atoms. The second-order valence-electron chi connectivity index (χ2n) is 4.93. The Morgan fingerprint density at radius 1 is 1.05 bits per heavy atom. The van der Waals surface area contributed by atoms with E-state index < -0.39 is 0 Å². The van der Waals surface area contributed by atoms with Crippen molar-refractivity contribution in [2.45, 2.75) is 26.2 Å². The summed E-state index contributed by atoms with van der Waals surface area (Å²) in [5.41, 5.74) is 6.18. The van der Waals surface area contributed by atoms with Gasteiger partial charge in [-0.3, -0.25) is 0 Å². The highest BCUT2D eigenvalue weighted by atomic mass is 32.2. The molecule has 4 nitrogen and oxygen atoms in total. The topological polar surface area (TPSA) is 41.7 Å². The van der Waals surface area contributed by atoms with E-state index in [1.807, 2.05) is 0 Å². The van der Waals surface area contributed by atoms with Gasteiger partial charge in [-0.05, 0) is 26.2 Å². The Hall–Kier alpha value is -0.810. The average Bonchev–Trinajstić information content (AvgIpc) is 2.49. The third-order valence-electron chi connectivity index (χ3n) is 3.59. The van der Waals surface area contributed by atoms with Crippen LogP contribution < -0.4 is 5.73 Å². The van der Waals surface area contributed by atoms with Gasteiger partial charge in [-0.25, -0.2) is 0 Å². The van der Waals surface area contributed by atoms with Gasteiger partial charge in [0.25, 0.3) is 0 Å². The molecule has 0 unspecified atom stereocenters. The van der Waals surface area contributed by atoms with Gasteiger partial charge in [-0.2, -0.15) is 0 Å². The zero-order valence-corrected chi connectivity index (χ0v) is 12.6. The number of nitrogens with zero attached hydrogens (tertiary/aromatic N) is 2. The van der Waals surface area contributed by atoms with Gasteiger partial charge in [-0.1, -0.05) is 17.8 Å². The van der Waals surface area contributed by atoms with Crippen LogP contribution in [0.4, 0.5) is 0 Å².